The Morgan fingerprint density at radius 2 is 1.23 bits per heavy atom. The van der Waals surface area contributed by atoms with E-state index in [9.17, 15) is 22.8 Å². The van der Waals surface area contributed by atoms with E-state index in [0.29, 0.717) is 12.8 Å². The molecule has 0 aromatic rings. The zero-order valence-corrected chi connectivity index (χ0v) is 20.7. The second kappa shape index (κ2) is 8.34. The lowest BCUT2D eigenvalue weighted by atomic mass is 10.3. The average Bonchev–Trinajstić information content (AvgIpc) is 2.41. The van der Waals surface area contributed by atoms with Gasteiger partial charge in [0.2, 0.25) is 16.6 Å². The summed E-state index contributed by atoms with van der Waals surface area (Å²) in [6.07, 6.45) is -4.34. The summed E-state index contributed by atoms with van der Waals surface area (Å²) in [7, 11) is -9.01. The van der Waals surface area contributed by atoms with Gasteiger partial charge in [0.15, 0.2) is 0 Å². The van der Waals surface area contributed by atoms with Crippen LogP contribution in [0.2, 0.25) is 38.8 Å². The molecule has 0 amide bonds. The summed E-state index contributed by atoms with van der Waals surface area (Å²) >= 11 is 0. The summed E-state index contributed by atoms with van der Waals surface area (Å²) in [5.41, 5.74) is 0. The summed E-state index contributed by atoms with van der Waals surface area (Å²) in [5.74, 6) is 0. The van der Waals surface area contributed by atoms with Crippen molar-refractivity contribution in [2.24, 2.45) is 0 Å². The van der Waals surface area contributed by atoms with Gasteiger partial charge < -0.3 is 18.4 Å². The normalized spacial score (nSPS) is 21.0. The van der Waals surface area contributed by atoms with E-state index in [1.807, 2.05) is 13.8 Å². The maximum Gasteiger partial charge on any atom is 0.388 e. The molecular formula is C16H37F3O4Si3. The summed E-state index contributed by atoms with van der Waals surface area (Å²) in [5, 5.41) is -1.88. The molecule has 0 bridgehead atoms. The van der Waals surface area contributed by atoms with Crippen molar-refractivity contribution in [3.63, 3.8) is 0 Å². The first-order valence-corrected chi connectivity index (χ1v) is 17.6. The average molecular weight is 435 g/mol. The SMILES string of the molecule is CCC(C)(O[Si](C)(CCC(F)(F)F)C(C)(CC)O[Si](C)(C)O)[Si](C)(C)O. The van der Waals surface area contributed by atoms with Gasteiger partial charge in [-0.3, -0.25) is 0 Å². The molecule has 26 heavy (non-hydrogen) atoms. The fourth-order valence-corrected chi connectivity index (χ4v) is 11.9. The smallest absolute Gasteiger partial charge is 0.388 e. The monoisotopic (exact) mass is 434 g/mol. The highest BCUT2D eigenvalue weighted by Gasteiger charge is 2.57. The topological polar surface area (TPSA) is 58.9 Å². The van der Waals surface area contributed by atoms with Gasteiger partial charge in [0.05, 0.1) is 10.4 Å². The first-order valence-electron chi connectivity index (χ1n) is 9.16. The number of rotatable bonds is 10. The van der Waals surface area contributed by atoms with Crippen LogP contribution in [0.25, 0.3) is 0 Å². The Morgan fingerprint density at radius 1 is 0.808 bits per heavy atom. The molecule has 0 heterocycles. The van der Waals surface area contributed by atoms with Gasteiger partial charge in [-0.15, -0.1) is 0 Å². The third kappa shape index (κ3) is 7.03. The van der Waals surface area contributed by atoms with Crippen LogP contribution in [0.3, 0.4) is 0 Å². The molecular weight excluding hydrogens is 397 g/mol. The van der Waals surface area contributed by atoms with Crippen LogP contribution in [-0.4, -0.2) is 51.4 Å². The quantitative estimate of drug-likeness (QED) is 0.482. The third-order valence-corrected chi connectivity index (χ3v) is 14.8. The van der Waals surface area contributed by atoms with Crippen molar-refractivity contribution >= 4 is 25.2 Å². The maximum atomic E-state index is 13.0. The molecule has 158 valence electrons. The highest BCUT2D eigenvalue weighted by atomic mass is 28.4. The zero-order chi connectivity index (χ0) is 21.2. The van der Waals surface area contributed by atoms with Crippen molar-refractivity contribution in [1.29, 1.82) is 0 Å². The van der Waals surface area contributed by atoms with E-state index in [1.54, 1.807) is 46.6 Å². The third-order valence-electron chi connectivity index (χ3n) is 5.57. The summed E-state index contributed by atoms with van der Waals surface area (Å²) < 4.78 is 51.5. The molecule has 0 spiro atoms. The van der Waals surface area contributed by atoms with Crippen LogP contribution in [0.1, 0.15) is 47.0 Å². The first kappa shape index (κ1) is 26.3. The Bertz CT molecular complexity index is 465. The molecule has 0 aliphatic carbocycles. The maximum absolute atomic E-state index is 13.0. The molecule has 3 unspecified atom stereocenters. The van der Waals surface area contributed by atoms with Gasteiger partial charge in [-0.05, 0) is 65.5 Å². The van der Waals surface area contributed by atoms with Crippen molar-refractivity contribution in [2.75, 3.05) is 0 Å². The predicted octanol–water partition coefficient (Wildman–Crippen LogP) is 4.85. The first-order chi connectivity index (χ1) is 11.2. The predicted molar refractivity (Wildman–Crippen MR) is 106 cm³/mol. The molecule has 0 aliphatic rings. The van der Waals surface area contributed by atoms with Crippen molar-refractivity contribution < 1.29 is 31.6 Å². The molecule has 0 aliphatic heterocycles. The van der Waals surface area contributed by atoms with Crippen LogP contribution in [0.5, 0.6) is 0 Å². The molecule has 0 aromatic carbocycles. The van der Waals surface area contributed by atoms with Crippen LogP contribution in [0.4, 0.5) is 13.2 Å². The van der Waals surface area contributed by atoms with Gasteiger partial charge in [0.1, 0.15) is 0 Å². The molecule has 0 aromatic heterocycles. The van der Waals surface area contributed by atoms with Crippen molar-refractivity contribution in [3.05, 3.63) is 0 Å². The minimum atomic E-state index is -4.30. The highest BCUT2D eigenvalue weighted by molar-refractivity contribution is 6.79. The number of alkyl halides is 3. The molecule has 10 heteroatoms. The molecule has 0 fully saturated rings. The Hall–Kier alpha value is 0.281. The zero-order valence-electron chi connectivity index (χ0n) is 17.7. The number of hydrogen-bond acceptors (Lipinski definition) is 4. The largest absolute Gasteiger partial charge is 0.429 e. The number of halogens is 3. The minimum absolute atomic E-state index is 0.175. The van der Waals surface area contributed by atoms with E-state index in [0.717, 1.165) is 0 Å². The van der Waals surface area contributed by atoms with Crippen LogP contribution >= 0.6 is 0 Å². The molecule has 0 radical (unpaired) electrons. The van der Waals surface area contributed by atoms with E-state index in [1.165, 1.54) is 0 Å². The van der Waals surface area contributed by atoms with E-state index in [2.05, 4.69) is 0 Å². The van der Waals surface area contributed by atoms with Gasteiger partial charge >= 0.3 is 14.7 Å². The Labute approximate surface area is 159 Å². The fourth-order valence-electron chi connectivity index (χ4n) is 3.04. The van der Waals surface area contributed by atoms with Crippen molar-refractivity contribution in [1.82, 2.24) is 0 Å². The van der Waals surface area contributed by atoms with Gasteiger partial charge in [0.25, 0.3) is 0 Å². The second-order valence-electron chi connectivity index (χ2n) is 8.72. The Morgan fingerprint density at radius 3 is 1.50 bits per heavy atom. The summed E-state index contributed by atoms with van der Waals surface area (Å²) in [6, 6.07) is -0.175. The van der Waals surface area contributed by atoms with E-state index < -0.39 is 48.2 Å². The molecule has 0 saturated carbocycles. The Balaban J connectivity index is 6.11. The van der Waals surface area contributed by atoms with Crippen LogP contribution < -0.4 is 0 Å². The molecule has 4 nitrogen and oxygen atoms in total. The van der Waals surface area contributed by atoms with Gasteiger partial charge in [-0.1, -0.05) is 13.8 Å². The molecule has 0 saturated heterocycles. The second-order valence-corrected chi connectivity index (χ2v) is 20.2. The highest BCUT2D eigenvalue weighted by Crippen LogP contribution is 2.42. The Kier molecular flexibility index (Phi) is 8.43. The van der Waals surface area contributed by atoms with Gasteiger partial charge in [-0.25, -0.2) is 0 Å². The minimum Gasteiger partial charge on any atom is -0.429 e. The lowest BCUT2D eigenvalue weighted by Crippen LogP contribution is -2.68. The van der Waals surface area contributed by atoms with Crippen molar-refractivity contribution in [3.8, 4) is 0 Å². The summed E-state index contributed by atoms with van der Waals surface area (Å²) in [6.45, 7) is 15.7. The number of hydrogen-bond donors (Lipinski definition) is 2. The van der Waals surface area contributed by atoms with Crippen LogP contribution in [-0.2, 0) is 8.85 Å². The van der Waals surface area contributed by atoms with Gasteiger partial charge in [0, 0.05) is 6.42 Å². The van der Waals surface area contributed by atoms with E-state index in [-0.39, 0.29) is 6.04 Å². The van der Waals surface area contributed by atoms with Crippen LogP contribution in [0, 0.1) is 0 Å². The van der Waals surface area contributed by atoms with Crippen LogP contribution in [0.15, 0.2) is 0 Å². The van der Waals surface area contributed by atoms with E-state index in [4.69, 9.17) is 8.85 Å². The lowest BCUT2D eigenvalue weighted by Gasteiger charge is -2.52. The van der Waals surface area contributed by atoms with E-state index >= 15 is 0 Å². The standard InChI is InChI=1S/C16H37F3O4Si3/c1-10-14(3,24(5,6)20)23-26(9,13-12-16(17,18)19)15(4,11-2)22-25(7,8)21/h20-21H,10-13H2,1-9H3. The fraction of sp³-hybridized carbons (Fsp3) is 1.00. The van der Waals surface area contributed by atoms with Crippen molar-refractivity contribution in [2.45, 2.75) is 102 Å². The molecule has 0 rings (SSSR count). The molecule has 3 atom stereocenters. The lowest BCUT2D eigenvalue weighted by molar-refractivity contribution is -0.131. The van der Waals surface area contributed by atoms with Gasteiger partial charge in [-0.2, -0.15) is 13.2 Å². The summed E-state index contributed by atoms with van der Waals surface area (Å²) in [4.78, 5) is 21.0. The molecule has 2 N–H and O–H groups in total.